The summed E-state index contributed by atoms with van der Waals surface area (Å²) in [4.78, 5) is 0. The summed E-state index contributed by atoms with van der Waals surface area (Å²) in [7, 11) is 0. The lowest BCUT2D eigenvalue weighted by atomic mass is 9.76. The molecule has 0 aromatic carbocycles. The Morgan fingerprint density at radius 3 is 2.35 bits per heavy atom. The molecule has 2 rings (SSSR count). The number of piperidine rings is 2. The summed E-state index contributed by atoms with van der Waals surface area (Å²) in [6.07, 6.45) is -0.849. The van der Waals surface area contributed by atoms with E-state index in [4.69, 9.17) is 0 Å². The molecule has 4 unspecified atom stereocenters. The van der Waals surface area contributed by atoms with Crippen molar-refractivity contribution in [2.75, 3.05) is 13.1 Å². The molecule has 2 aliphatic heterocycles. The lowest BCUT2D eigenvalue weighted by molar-refractivity contribution is -0.163. The third-order valence-electron chi connectivity index (χ3n) is 4.28. The Morgan fingerprint density at radius 2 is 1.82 bits per heavy atom. The second-order valence-corrected chi connectivity index (χ2v) is 5.39. The summed E-state index contributed by atoms with van der Waals surface area (Å²) >= 11 is 0. The molecule has 0 aromatic rings. The van der Waals surface area contributed by atoms with Crippen LogP contribution in [-0.2, 0) is 0 Å². The monoisotopic (exact) mass is 250 g/mol. The highest BCUT2D eigenvalue weighted by Crippen LogP contribution is 2.34. The van der Waals surface area contributed by atoms with Crippen LogP contribution in [0.1, 0.15) is 32.6 Å². The van der Waals surface area contributed by atoms with Gasteiger partial charge in [0.25, 0.3) is 0 Å². The average molecular weight is 250 g/mol. The van der Waals surface area contributed by atoms with Crippen molar-refractivity contribution in [1.82, 2.24) is 10.6 Å². The maximum absolute atomic E-state index is 12.5. The normalized spacial score (nSPS) is 40.2. The maximum Gasteiger partial charge on any atom is 0.403 e. The molecule has 2 aliphatic rings. The number of rotatable bonds is 1. The minimum Gasteiger partial charge on any atom is -0.314 e. The number of halogens is 3. The molecule has 0 aliphatic carbocycles. The molecule has 5 heteroatoms. The lowest BCUT2D eigenvalue weighted by Gasteiger charge is -2.40. The molecule has 4 atom stereocenters. The molecule has 0 spiro atoms. The predicted molar refractivity (Wildman–Crippen MR) is 60.8 cm³/mol. The minimum atomic E-state index is -4.08. The van der Waals surface area contributed by atoms with Crippen molar-refractivity contribution in [2.45, 2.75) is 50.9 Å². The Morgan fingerprint density at radius 1 is 1.06 bits per heavy atom. The van der Waals surface area contributed by atoms with E-state index in [2.05, 4.69) is 17.6 Å². The van der Waals surface area contributed by atoms with Gasteiger partial charge in [0.2, 0.25) is 0 Å². The van der Waals surface area contributed by atoms with Crippen LogP contribution in [0.25, 0.3) is 0 Å². The van der Waals surface area contributed by atoms with E-state index in [1.54, 1.807) is 0 Å². The van der Waals surface area contributed by atoms with Crippen molar-refractivity contribution in [3.05, 3.63) is 0 Å². The van der Waals surface area contributed by atoms with Crippen LogP contribution in [0.3, 0.4) is 0 Å². The number of hydrogen-bond donors (Lipinski definition) is 2. The van der Waals surface area contributed by atoms with Crippen LogP contribution in [-0.4, -0.2) is 31.3 Å². The Bertz CT molecular complexity index is 247. The molecule has 2 saturated heterocycles. The molecule has 0 saturated carbocycles. The highest BCUT2D eigenvalue weighted by molar-refractivity contribution is 4.90. The number of nitrogens with one attached hydrogen (secondary N) is 2. The van der Waals surface area contributed by atoms with Gasteiger partial charge in [-0.15, -0.1) is 0 Å². The van der Waals surface area contributed by atoms with Crippen LogP contribution < -0.4 is 10.6 Å². The van der Waals surface area contributed by atoms with Crippen LogP contribution in [0.15, 0.2) is 0 Å². The first kappa shape index (κ1) is 13.1. The van der Waals surface area contributed by atoms with Crippen LogP contribution >= 0.6 is 0 Å². The van der Waals surface area contributed by atoms with Crippen LogP contribution in [0.5, 0.6) is 0 Å². The van der Waals surface area contributed by atoms with Gasteiger partial charge in [0.15, 0.2) is 0 Å². The summed E-state index contributed by atoms with van der Waals surface area (Å²) in [6, 6.07) is -0.844. The smallest absolute Gasteiger partial charge is 0.314 e. The maximum atomic E-state index is 12.5. The molecule has 0 radical (unpaired) electrons. The van der Waals surface area contributed by atoms with Crippen molar-refractivity contribution in [3.63, 3.8) is 0 Å². The van der Waals surface area contributed by atoms with E-state index in [0.717, 1.165) is 19.4 Å². The Hall–Kier alpha value is -0.290. The first-order chi connectivity index (χ1) is 7.98. The first-order valence-corrected chi connectivity index (χ1v) is 6.52. The van der Waals surface area contributed by atoms with E-state index < -0.39 is 12.2 Å². The van der Waals surface area contributed by atoms with E-state index >= 15 is 0 Å². The van der Waals surface area contributed by atoms with Gasteiger partial charge >= 0.3 is 6.18 Å². The van der Waals surface area contributed by atoms with Crippen LogP contribution in [0, 0.1) is 11.8 Å². The second kappa shape index (κ2) is 5.14. The third-order valence-corrected chi connectivity index (χ3v) is 4.28. The summed E-state index contributed by atoms with van der Waals surface area (Å²) < 4.78 is 37.5. The molecule has 0 amide bonds. The molecular weight excluding hydrogens is 229 g/mol. The van der Waals surface area contributed by atoms with Crippen LogP contribution in [0.4, 0.5) is 13.2 Å². The van der Waals surface area contributed by atoms with E-state index in [9.17, 15) is 13.2 Å². The van der Waals surface area contributed by atoms with Crippen molar-refractivity contribution in [2.24, 2.45) is 11.8 Å². The van der Waals surface area contributed by atoms with Crippen molar-refractivity contribution in [3.8, 4) is 0 Å². The van der Waals surface area contributed by atoms with Gasteiger partial charge in [-0.1, -0.05) is 0 Å². The fourth-order valence-electron chi connectivity index (χ4n) is 3.24. The zero-order chi connectivity index (χ0) is 12.5. The second-order valence-electron chi connectivity index (χ2n) is 5.39. The molecule has 0 bridgehead atoms. The molecule has 17 heavy (non-hydrogen) atoms. The zero-order valence-corrected chi connectivity index (χ0v) is 10.2. The predicted octanol–water partition coefficient (Wildman–Crippen LogP) is 2.31. The molecule has 0 aromatic heterocycles. The van der Waals surface area contributed by atoms with Gasteiger partial charge < -0.3 is 10.6 Å². The standard InChI is InChI=1S/C12H21F3N2/c1-8-10(3-2-6-16-8)9-4-5-11(17-7-9)12(13,14)15/h8-11,16-17H,2-7H2,1H3. The summed E-state index contributed by atoms with van der Waals surface area (Å²) in [5.41, 5.74) is 0. The SMILES string of the molecule is CC1NCCCC1C1CCC(C(F)(F)F)NC1. The fourth-order valence-corrected chi connectivity index (χ4v) is 3.24. The first-order valence-electron chi connectivity index (χ1n) is 6.52. The highest BCUT2D eigenvalue weighted by Gasteiger charge is 2.43. The van der Waals surface area contributed by atoms with E-state index in [-0.39, 0.29) is 6.42 Å². The van der Waals surface area contributed by atoms with E-state index in [1.165, 1.54) is 0 Å². The van der Waals surface area contributed by atoms with E-state index in [0.29, 0.717) is 30.8 Å². The largest absolute Gasteiger partial charge is 0.403 e. The van der Waals surface area contributed by atoms with Gasteiger partial charge in [0.05, 0.1) is 0 Å². The van der Waals surface area contributed by atoms with Gasteiger partial charge in [0, 0.05) is 6.04 Å². The zero-order valence-electron chi connectivity index (χ0n) is 10.2. The Labute approximate surface area is 100 Å². The topological polar surface area (TPSA) is 24.1 Å². The summed E-state index contributed by atoms with van der Waals surface area (Å²) in [5.74, 6) is 0.932. The molecule has 2 N–H and O–H groups in total. The van der Waals surface area contributed by atoms with Gasteiger partial charge in [-0.05, 0) is 57.5 Å². The van der Waals surface area contributed by atoms with Gasteiger partial charge in [-0.3, -0.25) is 0 Å². The Balaban J connectivity index is 1.86. The minimum absolute atomic E-state index is 0.234. The molecular formula is C12H21F3N2. The Kier molecular flexibility index (Phi) is 3.98. The van der Waals surface area contributed by atoms with Crippen molar-refractivity contribution in [1.29, 1.82) is 0 Å². The van der Waals surface area contributed by atoms with Crippen molar-refractivity contribution >= 4 is 0 Å². The van der Waals surface area contributed by atoms with Gasteiger partial charge in [-0.2, -0.15) is 13.2 Å². The average Bonchev–Trinajstić information content (AvgIpc) is 2.29. The van der Waals surface area contributed by atoms with Crippen LogP contribution in [0.2, 0.25) is 0 Å². The summed E-state index contributed by atoms with van der Waals surface area (Å²) in [6.45, 7) is 3.71. The van der Waals surface area contributed by atoms with E-state index in [1.807, 2.05) is 0 Å². The molecule has 100 valence electrons. The molecule has 2 nitrogen and oxygen atoms in total. The fraction of sp³-hybridized carbons (Fsp3) is 1.00. The van der Waals surface area contributed by atoms with Gasteiger partial charge in [0.1, 0.15) is 6.04 Å². The lowest BCUT2D eigenvalue weighted by Crippen LogP contribution is -2.52. The highest BCUT2D eigenvalue weighted by atomic mass is 19.4. The number of alkyl halides is 3. The summed E-state index contributed by atoms with van der Waals surface area (Å²) in [5, 5.41) is 6.09. The number of hydrogen-bond acceptors (Lipinski definition) is 2. The molecule has 2 heterocycles. The van der Waals surface area contributed by atoms with Crippen molar-refractivity contribution < 1.29 is 13.2 Å². The third kappa shape index (κ3) is 3.13. The van der Waals surface area contributed by atoms with Gasteiger partial charge in [-0.25, -0.2) is 0 Å². The quantitative estimate of drug-likeness (QED) is 0.746. The molecule has 2 fully saturated rings.